The maximum atomic E-state index is 12.2. The fourth-order valence-corrected chi connectivity index (χ4v) is 3.12. The molecule has 0 spiro atoms. The predicted octanol–water partition coefficient (Wildman–Crippen LogP) is 3.21. The molecular weight excluding hydrogens is 326 g/mol. The molecule has 0 unspecified atom stereocenters. The van der Waals surface area contributed by atoms with E-state index in [-0.39, 0.29) is 5.91 Å². The van der Waals surface area contributed by atoms with Gasteiger partial charge in [-0.25, -0.2) is 0 Å². The van der Waals surface area contributed by atoms with Crippen LogP contribution in [0.25, 0.3) is 10.9 Å². The number of hydrogen-bond donors (Lipinski definition) is 1. The highest BCUT2D eigenvalue weighted by molar-refractivity contribution is 5.90. The summed E-state index contributed by atoms with van der Waals surface area (Å²) in [6, 6.07) is 10.3. The minimum atomic E-state index is 0.00562. The van der Waals surface area contributed by atoms with Gasteiger partial charge in [-0.05, 0) is 30.6 Å². The topological polar surface area (TPSA) is 55.1 Å². The molecule has 1 amide bonds. The van der Waals surface area contributed by atoms with Gasteiger partial charge >= 0.3 is 0 Å². The lowest BCUT2D eigenvalue weighted by Crippen LogP contribution is -2.27. The molecule has 138 valence electrons. The molecule has 26 heavy (non-hydrogen) atoms. The van der Waals surface area contributed by atoms with E-state index in [1.54, 1.807) is 6.20 Å². The molecule has 3 rings (SSSR count). The molecule has 6 nitrogen and oxygen atoms in total. The Kier molecular flexibility index (Phi) is 6.07. The van der Waals surface area contributed by atoms with Gasteiger partial charge in [-0.2, -0.15) is 5.10 Å². The second-order valence-electron chi connectivity index (χ2n) is 6.39. The summed E-state index contributed by atoms with van der Waals surface area (Å²) in [4.78, 5) is 14.6. The van der Waals surface area contributed by atoms with Gasteiger partial charge in [0, 0.05) is 37.4 Å². The van der Waals surface area contributed by atoms with E-state index >= 15 is 0 Å². The average Bonchev–Trinajstić information content (AvgIpc) is 3.27. The molecule has 0 saturated carbocycles. The number of para-hydroxylation sites is 1. The highest BCUT2D eigenvalue weighted by Crippen LogP contribution is 2.15. The first-order valence-electron chi connectivity index (χ1n) is 9.28. The van der Waals surface area contributed by atoms with Gasteiger partial charge in [-0.15, -0.1) is 0 Å². The molecule has 0 aliphatic rings. The third-order valence-corrected chi connectivity index (χ3v) is 4.72. The fourth-order valence-electron chi connectivity index (χ4n) is 3.12. The Balaban J connectivity index is 1.49. The minimum absolute atomic E-state index is 0.00562. The number of fused-ring (bicyclic) bond motifs is 1. The summed E-state index contributed by atoms with van der Waals surface area (Å²) < 4.78 is 4.00. The van der Waals surface area contributed by atoms with Crippen LogP contribution in [0, 0.1) is 0 Å². The van der Waals surface area contributed by atoms with Crippen LogP contribution in [-0.2, 0) is 17.9 Å². The van der Waals surface area contributed by atoms with Crippen LogP contribution in [0.4, 0.5) is 5.69 Å². The van der Waals surface area contributed by atoms with Gasteiger partial charge in [-0.3, -0.25) is 9.48 Å². The van der Waals surface area contributed by atoms with Crippen molar-refractivity contribution in [1.29, 1.82) is 0 Å². The van der Waals surface area contributed by atoms with E-state index in [1.165, 1.54) is 5.39 Å². The van der Waals surface area contributed by atoms with Crippen LogP contribution in [0.1, 0.15) is 20.3 Å². The monoisotopic (exact) mass is 353 g/mol. The SMILES string of the molecule is CCN(CC)CCn1cc(NC(=O)CCn2ccc3ccccc32)cn1. The Hall–Kier alpha value is -2.60. The van der Waals surface area contributed by atoms with E-state index in [4.69, 9.17) is 0 Å². The van der Waals surface area contributed by atoms with Crippen LogP contribution < -0.4 is 5.32 Å². The lowest BCUT2D eigenvalue weighted by molar-refractivity contribution is -0.116. The molecule has 0 aliphatic heterocycles. The number of likely N-dealkylation sites (N-methyl/N-ethyl adjacent to an activating group) is 1. The zero-order valence-corrected chi connectivity index (χ0v) is 15.6. The van der Waals surface area contributed by atoms with Crippen LogP contribution in [0.3, 0.4) is 0 Å². The summed E-state index contributed by atoms with van der Waals surface area (Å²) in [5.74, 6) is 0.00562. The summed E-state index contributed by atoms with van der Waals surface area (Å²) in [5.41, 5.74) is 1.91. The number of carbonyl (C=O) groups is 1. The Morgan fingerprint density at radius 3 is 2.77 bits per heavy atom. The summed E-state index contributed by atoms with van der Waals surface area (Å²) in [6.07, 6.45) is 6.07. The van der Waals surface area contributed by atoms with Crippen LogP contribution >= 0.6 is 0 Å². The Labute approximate surface area is 154 Å². The summed E-state index contributed by atoms with van der Waals surface area (Å²) in [6.45, 7) is 8.84. The van der Waals surface area contributed by atoms with Crippen molar-refractivity contribution < 1.29 is 4.79 Å². The molecule has 0 saturated heterocycles. The molecule has 1 aromatic carbocycles. The van der Waals surface area contributed by atoms with Crippen molar-refractivity contribution in [3.8, 4) is 0 Å². The van der Waals surface area contributed by atoms with Crippen LogP contribution in [0.2, 0.25) is 0 Å². The van der Waals surface area contributed by atoms with Crippen molar-refractivity contribution in [3.05, 3.63) is 48.9 Å². The van der Waals surface area contributed by atoms with Gasteiger partial charge in [0.15, 0.2) is 0 Å². The molecule has 0 bridgehead atoms. The molecular formula is C20H27N5O. The lowest BCUT2D eigenvalue weighted by Gasteiger charge is -2.17. The van der Waals surface area contributed by atoms with Crippen molar-refractivity contribution in [1.82, 2.24) is 19.2 Å². The average molecular weight is 353 g/mol. The Bertz CT molecular complexity index is 847. The van der Waals surface area contributed by atoms with Crippen molar-refractivity contribution >= 4 is 22.5 Å². The molecule has 6 heteroatoms. The van der Waals surface area contributed by atoms with Crippen LogP contribution in [-0.4, -0.2) is 44.8 Å². The van der Waals surface area contributed by atoms with Crippen molar-refractivity contribution in [3.63, 3.8) is 0 Å². The number of hydrogen-bond acceptors (Lipinski definition) is 3. The first-order valence-corrected chi connectivity index (χ1v) is 9.28. The quantitative estimate of drug-likeness (QED) is 0.643. The predicted molar refractivity (Wildman–Crippen MR) is 105 cm³/mol. The molecule has 1 N–H and O–H groups in total. The van der Waals surface area contributed by atoms with Crippen LogP contribution in [0.15, 0.2) is 48.9 Å². The van der Waals surface area contributed by atoms with E-state index < -0.39 is 0 Å². The van der Waals surface area contributed by atoms with E-state index in [9.17, 15) is 4.79 Å². The fraction of sp³-hybridized carbons (Fsp3) is 0.400. The van der Waals surface area contributed by atoms with Crippen molar-refractivity contribution in [2.75, 3.05) is 25.0 Å². The maximum absolute atomic E-state index is 12.2. The van der Waals surface area contributed by atoms with E-state index in [2.05, 4.69) is 51.9 Å². The summed E-state index contributed by atoms with van der Waals surface area (Å²) in [5, 5.41) is 8.47. The number of amides is 1. The Morgan fingerprint density at radius 2 is 1.96 bits per heavy atom. The maximum Gasteiger partial charge on any atom is 0.226 e. The van der Waals surface area contributed by atoms with Crippen LogP contribution in [0.5, 0.6) is 0 Å². The normalized spacial score (nSPS) is 11.3. The number of aromatic nitrogens is 3. The zero-order valence-electron chi connectivity index (χ0n) is 15.6. The molecule has 0 fully saturated rings. The van der Waals surface area contributed by atoms with Gasteiger partial charge in [0.1, 0.15) is 0 Å². The molecule has 2 heterocycles. The van der Waals surface area contributed by atoms with Gasteiger partial charge in [0.2, 0.25) is 5.91 Å². The third-order valence-electron chi connectivity index (χ3n) is 4.72. The summed E-state index contributed by atoms with van der Waals surface area (Å²) in [7, 11) is 0. The second kappa shape index (κ2) is 8.67. The molecule has 0 atom stereocenters. The largest absolute Gasteiger partial charge is 0.347 e. The number of nitrogens with zero attached hydrogens (tertiary/aromatic N) is 4. The number of rotatable bonds is 9. The van der Waals surface area contributed by atoms with Crippen molar-refractivity contribution in [2.24, 2.45) is 0 Å². The van der Waals surface area contributed by atoms with E-state index in [0.29, 0.717) is 13.0 Å². The van der Waals surface area contributed by atoms with Gasteiger partial charge in [0.05, 0.1) is 18.4 Å². The number of aryl methyl sites for hydroxylation is 1. The number of nitrogens with one attached hydrogen (secondary N) is 1. The van der Waals surface area contributed by atoms with Gasteiger partial charge in [-0.1, -0.05) is 32.0 Å². The molecule has 3 aromatic rings. The molecule has 0 aliphatic carbocycles. The van der Waals surface area contributed by atoms with E-state index in [0.717, 1.165) is 37.4 Å². The number of benzene rings is 1. The standard InChI is InChI=1S/C20H27N5O/c1-3-23(4-2)13-14-25-16-18(15-21-25)22-20(26)10-12-24-11-9-17-7-5-6-8-19(17)24/h5-9,11,15-16H,3-4,10,12-14H2,1-2H3,(H,22,26). The Morgan fingerprint density at radius 1 is 1.15 bits per heavy atom. The second-order valence-corrected chi connectivity index (χ2v) is 6.39. The highest BCUT2D eigenvalue weighted by Gasteiger charge is 2.07. The number of anilines is 1. The first kappa shape index (κ1) is 18.2. The minimum Gasteiger partial charge on any atom is -0.347 e. The molecule has 0 radical (unpaired) electrons. The molecule has 2 aromatic heterocycles. The highest BCUT2D eigenvalue weighted by atomic mass is 16.1. The smallest absolute Gasteiger partial charge is 0.226 e. The lowest BCUT2D eigenvalue weighted by atomic mass is 10.2. The summed E-state index contributed by atoms with van der Waals surface area (Å²) >= 11 is 0. The zero-order chi connectivity index (χ0) is 18.4. The first-order chi connectivity index (χ1) is 12.7. The van der Waals surface area contributed by atoms with Crippen molar-refractivity contribution in [2.45, 2.75) is 33.4 Å². The van der Waals surface area contributed by atoms with Gasteiger partial charge < -0.3 is 14.8 Å². The van der Waals surface area contributed by atoms with E-state index in [1.807, 2.05) is 29.2 Å². The van der Waals surface area contributed by atoms with Gasteiger partial charge in [0.25, 0.3) is 0 Å². The number of carbonyl (C=O) groups excluding carboxylic acids is 1. The third kappa shape index (κ3) is 4.52.